The molecule has 0 aliphatic heterocycles. The Morgan fingerprint density at radius 3 is 1.76 bits per heavy atom. The summed E-state index contributed by atoms with van der Waals surface area (Å²) in [5, 5.41) is 18.0. The van der Waals surface area contributed by atoms with Crippen molar-refractivity contribution in [3.8, 4) is 0 Å². The van der Waals surface area contributed by atoms with E-state index in [-0.39, 0.29) is 28.6 Å². The number of aliphatic carboxylic acids is 1. The number of hydrogen-bond donors (Lipinski definition) is 4. The van der Waals surface area contributed by atoms with Crippen molar-refractivity contribution in [2.45, 2.75) is 25.3 Å². The Labute approximate surface area is 261 Å². The van der Waals surface area contributed by atoms with E-state index in [9.17, 15) is 14.4 Å². The second-order valence-electron chi connectivity index (χ2n) is 9.22. The molecule has 0 radical (unpaired) electrons. The predicted octanol–water partition coefficient (Wildman–Crippen LogP) is 0.181. The highest BCUT2D eigenvalue weighted by Crippen LogP contribution is 2.55. The van der Waals surface area contributed by atoms with Gasteiger partial charge in [-0.2, -0.15) is 0 Å². The van der Waals surface area contributed by atoms with E-state index >= 15 is 0 Å². The number of amides is 2. The molecule has 0 bridgehead atoms. The number of carboxylic acids is 1. The van der Waals surface area contributed by atoms with Gasteiger partial charge in [0, 0.05) is 12.3 Å². The Morgan fingerprint density at radius 2 is 1.27 bits per heavy atom. The number of carbonyl (C=O) groups excluding carboxylic acids is 2. The molecule has 3 aromatic rings. The molecule has 0 spiro atoms. The quantitative estimate of drug-likeness (QED) is 0.0914. The van der Waals surface area contributed by atoms with Crippen molar-refractivity contribution in [1.29, 1.82) is 0 Å². The minimum absolute atomic E-state index is 0. The topological polar surface area (TPSA) is 122 Å². The van der Waals surface area contributed by atoms with Crippen LogP contribution in [0.1, 0.15) is 19.3 Å². The van der Waals surface area contributed by atoms with Crippen LogP contribution in [0, 0.1) is 0 Å². The highest BCUT2D eigenvalue weighted by Gasteiger charge is 2.44. The molecule has 3 rings (SSSR count). The molecule has 11 heteroatoms. The molecule has 0 saturated carbocycles. The summed E-state index contributed by atoms with van der Waals surface area (Å²) in [5.41, 5.74) is 5.75. The van der Waals surface area contributed by atoms with Crippen LogP contribution < -0.4 is 49.3 Å². The molecule has 0 heterocycles. The van der Waals surface area contributed by atoms with Gasteiger partial charge in [-0.1, -0.05) is 76.2 Å². The third-order valence-corrected chi connectivity index (χ3v) is 13.2. The number of nitrogens with two attached hydrogens (primary N) is 1. The molecule has 3 aromatic carbocycles. The van der Waals surface area contributed by atoms with Crippen molar-refractivity contribution in [2.24, 2.45) is 5.73 Å². The summed E-state index contributed by atoms with van der Waals surface area (Å²) in [5.74, 6) is -1.14. The number of carbonyl (C=O) groups is 3. The lowest BCUT2D eigenvalue weighted by atomic mass is 10.2. The van der Waals surface area contributed by atoms with Gasteiger partial charge in [0.15, 0.2) is 0 Å². The summed E-state index contributed by atoms with van der Waals surface area (Å²) >= 11 is 0. The minimum atomic E-state index is -1.83. The smallest absolute Gasteiger partial charge is 0.322 e. The van der Waals surface area contributed by atoms with Gasteiger partial charge in [-0.15, -0.1) is 0 Å². The average Bonchev–Trinajstić information content (AvgIpc) is 2.99. The molecule has 220 valence electrons. The molecule has 0 aliphatic carbocycles. The molecular weight excluding hydrogens is 641 g/mol. The third kappa shape index (κ3) is 11.1. The third-order valence-electron chi connectivity index (χ3n) is 6.35. The summed E-state index contributed by atoms with van der Waals surface area (Å²) in [7, 11) is 0.826. The highest BCUT2D eigenvalue weighted by atomic mass is 79.9. The fourth-order valence-corrected chi connectivity index (χ4v) is 10.8. The second kappa shape index (κ2) is 18.9. The number of unbranched alkanes of at least 4 members (excludes halogenated alkanes) is 2. The average molecular weight is 679 g/mol. The number of rotatable bonds is 17. The van der Waals surface area contributed by atoms with Crippen molar-refractivity contribution in [2.75, 3.05) is 30.8 Å². The minimum Gasteiger partial charge on any atom is -1.00 e. The molecule has 0 aliphatic rings. The predicted molar refractivity (Wildman–Crippen MR) is 170 cm³/mol. The molecule has 41 heavy (non-hydrogen) atoms. The lowest BCUT2D eigenvalue weighted by molar-refractivity contribution is -0.138. The van der Waals surface area contributed by atoms with Crippen LogP contribution in [-0.4, -0.2) is 59.7 Å². The maximum atomic E-state index is 12.2. The van der Waals surface area contributed by atoms with Gasteiger partial charge in [0.2, 0.25) is 11.8 Å². The van der Waals surface area contributed by atoms with Crippen molar-refractivity contribution >= 4 is 62.5 Å². The van der Waals surface area contributed by atoms with Crippen LogP contribution in [0.4, 0.5) is 0 Å². The number of nitrogens with one attached hydrogen (secondary N) is 2. The van der Waals surface area contributed by atoms with Gasteiger partial charge in [-0.3, -0.25) is 14.4 Å². The number of benzene rings is 3. The first-order valence-electron chi connectivity index (χ1n) is 13.2. The summed E-state index contributed by atoms with van der Waals surface area (Å²) < 4.78 is 0. The maximum Gasteiger partial charge on any atom is 0.322 e. The lowest BCUT2D eigenvalue weighted by Gasteiger charge is -2.27. The molecular formula is C30H37BrN3O4PS2. The van der Waals surface area contributed by atoms with Gasteiger partial charge in [-0.25, -0.2) is 0 Å². The first-order valence-corrected chi connectivity index (χ1v) is 17.7. The molecule has 2 amide bonds. The Balaban J connectivity index is 0.00000588. The van der Waals surface area contributed by atoms with Crippen LogP contribution in [0.3, 0.4) is 0 Å². The largest absolute Gasteiger partial charge is 1.00 e. The van der Waals surface area contributed by atoms with E-state index in [4.69, 9.17) is 10.8 Å². The maximum absolute atomic E-state index is 12.2. The molecule has 0 fully saturated rings. The number of halogens is 1. The Hall–Kier alpha value is -2.36. The number of carboxylic acid groups (broad SMARTS) is 1. The van der Waals surface area contributed by atoms with E-state index in [0.717, 1.165) is 25.4 Å². The summed E-state index contributed by atoms with van der Waals surface area (Å²) in [4.78, 5) is 34.5. The van der Waals surface area contributed by atoms with Crippen LogP contribution in [0.5, 0.6) is 0 Å². The zero-order chi connectivity index (χ0) is 28.6. The summed E-state index contributed by atoms with van der Waals surface area (Å²) in [6.07, 6.45) is 4.02. The van der Waals surface area contributed by atoms with E-state index in [1.54, 1.807) is 0 Å². The zero-order valence-corrected chi connectivity index (χ0v) is 26.9. The first kappa shape index (κ1) is 34.8. The fraction of sp³-hybridized carbons (Fsp3) is 0.300. The Morgan fingerprint density at radius 1 is 0.756 bits per heavy atom. The van der Waals surface area contributed by atoms with E-state index in [0.29, 0.717) is 12.3 Å². The van der Waals surface area contributed by atoms with Gasteiger partial charge in [-0.05, 0) is 55.7 Å². The first-order chi connectivity index (χ1) is 19.4. The van der Waals surface area contributed by atoms with Gasteiger partial charge >= 0.3 is 5.97 Å². The second-order valence-corrected chi connectivity index (χ2v) is 15.3. The van der Waals surface area contributed by atoms with Crippen LogP contribution in [0.2, 0.25) is 0 Å². The highest BCUT2D eigenvalue weighted by molar-refractivity contribution is 8.76. The normalized spacial score (nSPS) is 11.6. The van der Waals surface area contributed by atoms with E-state index in [2.05, 4.69) is 102 Å². The van der Waals surface area contributed by atoms with Crippen LogP contribution in [-0.2, 0) is 14.4 Å². The monoisotopic (exact) mass is 677 g/mol. The Kier molecular flexibility index (Phi) is 16.1. The molecule has 7 nitrogen and oxygen atoms in total. The fourth-order valence-electron chi connectivity index (χ4n) is 4.40. The molecule has 1 atom stereocenters. The van der Waals surface area contributed by atoms with Crippen LogP contribution >= 0.6 is 28.9 Å². The molecule has 0 saturated heterocycles. The molecule has 0 unspecified atom stereocenters. The summed E-state index contributed by atoms with van der Waals surface area (Å²) in [6.45, 7) is 0.162. The van der Waals surface area contributed by atoms with Crippen LogP contribution in [0.15, 0.2) is 91.0 Å². The van der Waals surface area contributed by atoms with Gasteiger partial charge in [0.1, 0.15) is 29.7 Å². The molecule has 5 N–H and O–H groups in total. The summed E-state index contributed by atoms with van der Waals surface area (Å²) in [6, 6.07) is 31.7. The van der Waals surface area contributed by atoms with Crippen molar-refractivity contribution in [3.05, 3.63) is 91.0 Å². The van der Waals surface area contributed by atoms with E-state index < -0.39 is 31.7 Å². The van der Waals surface area contributed by atoms with Crippen molar-refractivity contribution in [1.82, 2.24) is 10.6 Å². The van der Waals surface area contributed by atoms with Crippen molar-refractivity contribution < 1.29 is 36.5 Å². The molecule has 0 aromatic heterocycles. The Bertz CT molecular complexity index is 1110. The van der Waals surface area contributed by atoms with Gasteiger partial charge < -0.3 is 38.5 Å². The lowest BCUT2D eigenvalue weighted by Crippen LogP contribution is -3.00. The zero-order valence-electron chi connectivity index (χ0n) is 22.8. The standard InChI is InChI=1S/C30H36N3O4PS2.BrH/c31-27(30(37)33-21-29(35)36)22-39-40-23-28(34)32-19-11-4-12-20-38(24-13-5-1-6-14-24,25-15-7-2-8-16-25)26-17-9-3-10-18-26;/h1-3,5-10,13-18,27H,4,11-12,19-23,31H2,(H2-,32,33,34,35,36,37);1H/t27-;/m0./s1. The number of hydrogen-bond acceptors (Lipinski definition) is 6. The van der Waals surface area contributed by atoms with Crippen molar-refractivity contribution in [3.63, 3.8) is 0 Å². The van der Waals surface area contributed by atoms with Crippen LogP contribution in [0.25, 0.3) is 0 Å². The van der Waals surface area contributed by atoms with E-state index in [1.807, 2.05) is 0 Å². The van der Waals surface area contributed by atoms with Gasteiger partial charge in [0.05, 0.1) is 18.0 Å². The van der Waals surface area contributed by atoms with Gasteiger partial charge in [0.25, 0.3) is 0 Å². The van der Waals surface area contributed by atoms with E-state index in [1.165, 1.54) is 37.5 Å². The SMILES string of the molecule is N[C@@H](CSSCC(=O)NCCCCC[P+](c1ccccc1)(c1ccccc1)c1ccccc1)C(=O)NCC(=O)O.[Br-].